The molecule has 1 aliphatic heterocycles. The first kappa shape index (κ1) is 15.9. The minimum absolute atomic E-state index is 0.202. The topological polar surface area (TPSA) is 124 Å². The van der Waals surface area contributed by atoms with Crippen molar-refractivity contribution in [1.29, 1.82) is 0 Å². The standard InChI is InChI=1S/C10H18N2O6S/c1-7-3-2-4-12(6-7)19(17,18)11-8(10(15)16)5-9(13)14/h7-8,11H,2-6H2,1H3,(H,13,14)(H,15,16)/t7?,8-/m1/s1. The normalized spacial score (nSPS) is 22.9. The van der Waals surface area contributed by atoms with Crippen LogP contribution >= 0.6 is 0 Å². The van der Waals surface area contributed by atoms with Gasteiger partial charge in [-0.25, -0.2) is 0 Å². The molecule has 0 aromatic carbocycles. The van der Waals surface area contributed by atoms with E-state index in [1.165, 1.54) is 4.31 Å². The summed E-state index contributed by atoms with van der Waals surface area (Å²) < 4.78 is 27.1. The lowest BCUT2D eigenvalue weighted by Crippen LogP contribution is -2.51. The fraction of sp³-hybridized carbons (Fsp3) is 0.800. The zero-order chi connectivity index (χ0) is 14.6. The number of aliphatic carboxylic acids is 2. The maximum atomic E-state index is 12.0. The van der Waals surface area contributed by atoms with Gasteiger partial charge in [-0.2, -0.15) is 17.4 Å². The molecule has 110 valence electrons. The molecule has 1 aliphatic rings. The zero-order valence-corrected chi connectivity index (χ0v) is 11.4. The van der Waals surface area contributed by atoms with Crippen molar-refractivity contribution >= 4 is 22.1 Å². The first-order chi connectivity index (χ1) is 8.72. The van der Waals surface area contributed by atoms with Crippen molar-refractivity contribution in [2.24, 2.45) is 5.92 Å². The van der Waals surface area contributed by atoms with Crippen molar-refractivity contribution in [3.8, 4) is 0 Å². The number of carboxylic acid groups (broad SMARTS) is 2. The highest BCUT2D eigenvalue weighted by Crippen LogP contribution is 2.18. The molecule has 0 aromatic heterocycles. The summed E-state index contributed by atoms with van der Waals surface area (Å²) in [5.41, 5.74) is 0. The van der Waals surface area contributed by atoms with E-state index in [1.807, 2.05) is 11.6 Å². The van der Waals surface area contributed by atoms with E-state index in [-0.39, 0.29) is 5.92 Å². The van der Waals surface area contributed by atoms with Crippen molar-refractivity contribution in [3.63, 3.8) is 0 Å². The van der Waals surface area contributed by atoms with Gasteiger partial charge in [-0.05, 0) is 18.8 Å². The molecular weight excluding hydrogens is 276 g/mol. The van der Waals surface area contributed by atoms with E-state index >= 15 is 0 Å². The molecule has 0 aromatic rings. The predicted octanol–water partition coefficient (Wildman–Crippen LogP) is -0.519. The third kappa shape index (κ3) is 4.77. The third-order valence-corrected chi connectivity index (χ3v) is 4.52. The predicted molar refractivity (Wildman–Crippen MR) is 65.7 cm³/mol. The fourth-order valence-corrected chi connectivity index (χ4v) is 3.49. The summed E-state index contributed by atoms with van der Waals surface area (Å²) >= 11 is 0. The van der Waals surface area contributed by atoms with Crippen molar-refractivity contribution in [3.05, 3.63) is 0 Å². The summed E-state index contributed by atoms with van der Waals surface area (Å²) in [6, 6.07) is -1.65. The van der Waals surface area contributed by atoms with E-state index in [1.54, 1.807) is 0 Å². The SMILES string of the molecule is CC1CCCN(S(=O)(=O)N[C@H](CC(=O)O)C(=O)O)C1. The van der Waals surface area contributed by atoms with Gasteiger partial charge in [0.05, 0.1) is 6.42 Å². The van der Waals surface area contributed by atoms with Gasteiger partial charge in [0.15, 0.2) is 0 Å². The van der Waals surface area contributed by atoms with Crippen molar-refractivity contribution < 1.29 is 28.2 Å². The van der Waals surface area contributed by atoms with Crippen LogP contribution in [0.25, 0.3) is 0 Å². The number of carbonyl (C=O) groups is 2. The van der Waals surface area contributed by atoms with Crippen LogP contribution in [-0.4, -0.2) is 54.0 Å². The van der Waals surface area contributed by atoms with Gasteiger partial charge in [-0.15, -0.1) is 0 Å². The van der Waals surface area contributed by atoms with Gasteiger partial charge >= 0.3 is 11.9 Å². The lowest BCUT2D eigenvalue weighted by Gasteiger charge is -2.30. The number of carboxylic acids is 2. The van der Waals surface area contributed by atoms with Crippen LogP contribution in [0.5, 0.6) is 0 Å². The molecule has 2 atom stereocenters. The molecule has 9 heteroatoms. The quantitative estimate of drug-likeness (QED) is 0.605. The maximum Gasteiger partial charge on any atom is 0.322 e. The Labute approximate surface area is 111 Å². The van der Waals surface area contributed by atoms with Crippen LogP contribution in [0.1, 0.15) is 26.2 Å². The summed E-state index contributed by atoms with van der Waals surface area (Å²) in [5, 5.41) is 17.4. The van der Waals surface area contributed by atoms with Crippen molar-refractivity contribution in [2.75, 3.05) is 13.1 Å². The Morgan fingerprint density at radius 1 is 1.42 bits per heavy atom. The maximum absolute atomic E-state index is 12.0. The number of piperidine rings is 1. The van der Waals surface area contributed by atoms with Gasteiger partial charge in [-0.3, -0.25) is 9.59 Å². The number of nitrogens with zero attached hydrogens (tertiary/aromatic N) is 1. The van der Waals surface area contributed by atoms with Crippen LogP contribution in [0.3, 0.4) is 0 Å². The highest BCUT2D eigenvalue weighted by Gasteiger charge is 2.32. The highest BCUT2D eigenvalue weighted by molar-refractivity contribution is 7.87. The molecule has 8 nitrogen and oxygen atoms in total. The lowest BCUT2D eigenvalue weighted by molar-refractivity contribution is -0.145. The summed E-state index contributed by atoms with van der Waals surface area (Å²) in [6.07, 6.45) is 0.834. The zero-order valence-electron chi connectivity index (χ0n) is 10.6. The van der Waals surface area contributed by atoms with E-state index in [0.29, 0.717) is 19.5 Å². The molecule has 1 fully saturated rings. The van der Waals surface area contributed by atoms with E-state index < -0.39 is 34.6 Å². The summed E-state index contributed by atoms with van der Waals surface area (Å²) in [4.78, 5) is 21.4. The minimum atomic E-state index is -3.97. The Morgan fingerprint density at radius 3 is 2.53 bits per heavy atom. The highest BCUT2D eigenvalue weighted by atomic mass is 32.2. The van der Waals surface area contributed by atoms with Crippen LogP contribution in [0.4, 0.5) is 0 Å². The van der Waals surface area contributed by atoms with Crippen LogP contribution in [-0.2, 0) is 19.8 Å². The van der Waals surface area contributed by atoms with Gasteiger partial charge in [0.25, 0.3) is 10.2 Å². The van der Waals surface area contributed by atoms with Crippen molar-refractivity contribution in [2.45, 2.75) is 32.2 Å². The molecular formula is C10H18N2O6S. The molecule has 0 spiro atoms. The van der Waals surface area contributed by atoms with Gasteiger partial charge in [0.1, 0.15) is 6.04 Å². The lowest BCUT2D eigenvalue weighted by atomic mass is 10.0. The number of hydrogen-bond donors (Lipinski definition) is 3. The van der Waals surface area contributed by atoms with E-state index in [2.05, 4.69) is 0 Å². The average molecular weight is 294 g/mol. The van der Waals surface area contributed by atoms with Crippen LogP contribution in [0.2, 0.25) is 0 Å². The summed E-state index contributed by atoms with van der Waals surface area (Å²) in [7, 11) is -3.97. The minimum Gasteiger partial charge on any atom is -0.481 e. The molecule has 0 saturated carbocycles. The number of hydrogen-bond acceptors (Lipinski definition) is 4. The van der Waals surface area contributed by atoms with Gasteiger partial charge in [0.2, 0.25) is 0 Å². The number of rotatable bonds is 6. The Bertz CT molecular complexity index is 449. The molecule has 1 saturated heterocycles. The van der Waals surface area contributed by atoms with E-state index in [0.717, 1.165) is 6.42 Å². The Morgan fingerprint density at radius 2 is 2.05 bits per heavy atom. The fourth-order valence-electron chi connectivity index (χ4n) is 1.97. The molecule has 1 unspecified atom stereocenters. The molecule has 0 amide bonds. The smallest absolute Gasteiger partial charge is 0.322 e. The molecule has 0 aliphatic carbocycles. The third-order valence-electron chi connectivity index (χ3n) is 2.93. The molecule has 0 radical (unpaired) electrons. The van der Waals surface area contributed by atoms with E-state index in [4.69, 9.17) is 10.2 Å². The number of nitrogens with one attached hydrogen (secondary N) is 1. The molecule has 3 N–H and O–H groups in total. The summed E-state index contributed by atoms with van der Waals surface area (Å²) in [6.45, 7) is 2.54. The first-order valence-corrected chi connectivity index (χ1v) is 7.38. The summed E-state index contributed by atoms with van der Waals surface area (Å²) in [5.74, 6) is -2.67. The molecule has 1 rings (SSSR count). The second-order valence-corrected chi connectivity index (χ2v) is 6.42. The molecule has 1 heterocycles. The monoisotopic (exact) mass is 294 g/mol. The van der Waals surface area contributed by atoms with Crippen LogP contribution < -0.4 is 4.72 Å². The Hall–Kier alpha value is -1.19. The van der Waals surface area contributed by atoms with E-state index in [9.17, 15) is 18.0 Å². The largest absolute Gasteiger partial charge is 0.481 e. The Balaban J connectivity index is 2.75. The van der Waals surface area contributed by atoms with Crippen LogP contribution in [0, 0.1) is 5.92 Å². The first-order valence-electron chi connectivity index (χ1n) is 5.94. The van der Waals surface area contributed by atoms with Crippen molar-refractivity contribution in [1.82, 2.24) is 9.03 Å². The average Bonchev–Trinajstić information content (AvgIpc) is 2.27. The molecule has 0 bridgehead atoms. The van der Waals surface area contributed by atoms with Gasteiger partial charge in [-0.1, -0.05) is 6.92 Å². The second kappa shape index (κ2) is 6.31. The van der Waals surface area contributed by atoms with Gasteiger partial charge in [0, 0.05) is 13.1 Å². The van der Waals surface area contributed by atoms with Crippen LogP contribution in [0.15, 0.2) is 0 Å². The second-order valence-electron chi connectivity index (χ2n) is 4.72. The molecule has 19 heavy (non-hydrogen) atoms. The Kier molecular flexibility index (Phi) is 5.27. The van der Waals surface area contributed by atoms with Gasteiger partial charge < -0.3 is 10.2 Å².